The summed E-state index contributed by atoms with van der Waals surface area (Å²) in [6, 6.07) is -0.109. The summed E-state index contributed by atoms with van der Waals surface area (Å²) >= 11 is 1.92. The van der Waals surface area contributed by atoms with Gasteiger partial charge in [-0.05, 0) is 44.8 Å². The van der Waals surface area contributed by atoms with Crippen LogP contribution in [0.4, 0.5) is 4.79 Å². The number of carbonyl (C=O) groups excluding carboxylic acids is 1. The van der Waals surface area contributed by atoms with E-state index in [1.807, 2.05) is 18.7 Å². The highest BCUT2D eigenvalue weighted by molar-refractivity contribution is 8.00. The summed E-state index contributed by atoms with van der Waals surface area (Å²) in [4.78, 5) is 25.6. The van der Waals surface area contributed by atoms with Crippen LogP contribution in [0.5, 0.6) is 0 Å². The van der Waals surface area contributed by atoms with Crippen molar-refractivity contribution in [2.75, 3.05) is 25.4 Å². The van der Waals surface area contributed by atoms with Gasteiger partial charge in [0, 0.05) is 24.4 Å². The molecule has 2 rings (SSSR count). The van der Waals surface area contributed by atoms with E-state index >= 15 is 0 Å². The number of piperidine rings is 1. The van der Waals surface area contributed by atoms with E-state index in [1.54, 1.807) is 4.90 Å². The number of hydrogen-bond acceptors (Lipinski definition) is 3. The lowest BCUT2D eigenvalue weighted by atomic mass is 9.78. The molecule has 2 fully saturated rings. The van der Waals surface area contributed by atoms with Gasteiger partial charge in [-0.3, -0.25) is 4.79 Å². The Bertz CT molecular complexity index is 410. The maximum Gasteiger partial charge on any atom is 0.317 e. The largest absolute Gasteiger partial charge is 0.481 e. The van der Waals surface area contributed by atoms with E-state index in [4.69, 9.17) is 0 Å². The zero-order chi connectivity index (χ0) is 15.5. The van der Waals surface area contributed by atoms with Gasteiger partial charge in [0.1, 0.15) is 0 Å². The number of nitrogens with one attached hydrogen (secondary N) is 1. The predicted octanol–water partition coefficient (Wildman–Crippen LogP) is 2.56. The lowest BCUT2D eigenvalue weighted by Crippen LogP contribution is -2.53. The minimum atomic E-state index is -0.777. The molecule has 0 aromatic heterocycles. The molecular formula is C15H26N2O3S. The van der Waals surface area contributed by atoms with Crippen LogP contribution in [0, 0.1) is 5.41 Å². The van der Waals surface area contributed by atoms with Crippen LogP contribution in [0.3, 0.4) is 0 Å². The maximum atomic E-state index is 12.3. The molecule has 21 heavy (non-hydrogen) atoms. The fraction of sp³-hybridized carbons (Fsp3) is 0.867. The summed E-state index contributed by atoms with van der Waals surface area (Å²) in [5.41, 5.74) is -0.762. The number of aliphatic carboxylic acids is 1. The van der Waals surface area contributed by atoms with Crippen LogP contribution in [-0.4, -0.2) is 52.1 Å². The van der Waals surface area contributed by atoms with Crippen molar-refractivity contribution < 1.29 is 14.7 Å². The molecule has 2 atom stereocenters. The second kappa shape index (κ2) is 6.46. The zero-order valence-electron chi connectivity index (χ0n) is 13.0. The van der Waals surface area contributed by atoms with Gasteiger partial charge in [0.25, 0.3) is 0 Å². The Kier molecular flexibility index (Phi) is 5.07. The summed E-state index contributed by atoms with van der Waals surface area (Å²) in [5.74, 6) is 0.384. The third-order valence-corrected chi connectivity index (χ3v) is 6.45. The Labute approximate surface area is 130 Å². The predicted molar refractivity (Wildman–Crippen MR) is 84.7 cm³/mol. The van der Waals surface area contributed by atoms with Crippen LogP contribution in [0.25, 0.3) is 0 Å². The highest BCUT2D eigenvalue weighted by Gasteiger charge is 2.42. The first kappa shape index (κ1) is 16.5. The molecule has 6 heteroatoms. The first-order valence-corrected chi connectivity index (χ1v) is 8.79. The Morgan fingerprint density at radius 1 is 1.33 bits per heavy atom. The van der Waals surface area contributed by atoms with Crippen LogP contribution < -0.4 is 5.32 Å². The molecule has 2 aliphatic rings. The Morgan fingerprint density at radius 3 is 2.67 bits per heavy atom. The molecule has 0 aromatic carbocycles. The average Bonchev–Trinajstić information content (AvgIpc) is 2.92. The molecule has 2 aliphatic heterocycles. The second-order valence-electron chi connectivity index (χ2n) is 6.52. The number of thioether (sulfide) groups is 1. The van der Waals surface area contributed by atoms with E-state index in [0.29, 0.717) is 32.5 Å². The van der Waals surface area contributed by atoms with Crippen LogP contribution in [0.15, 0.2) is 0 Å². The topological polar surface area (TPSA) is 69.6 Å². The molecule has 2 amide bonds. The molecule has 2 heterocycles. The molecule has 0 saturated carbocycles. The van der Waals surface area contributed by atoms with Gasteiger partial charge in [-0.1, -0.05) is 6.92 Å². The molecule has 0 spiro atoms. The number of likely N-dealkylation sites (tertiary alicyclic amines) is 1. The second-order valence-corrected chi connectivity index (χ2v) is 8.21. The van der Waals surface area contributed by atoms with Gasteiger partial charge in [0.2, 0.25) is 0 Å². The minimum Gasteiger partial charge on any atom is -0.481 e. The van der Waals surface area contributed by atoms with Crippen molar-refractivity contribution in [2.24, 2.45) is 5.41 Å². The highest BCUT2D eigenvalue weighted by Crippen LogP contribution is 2.37. The Morgan fingerprint density at radius 2 is 2.10 bits per heavy atom. The van der Waals surface area contributed by atoms with Crippen LogP contribution >= 0.6 is 11.8 Å². The summed E-state index contributed by atoms with van der Waals surface area (Å²) in [6.07, 6.45) is 4.33. The molecule has 0 radical (unpaired) electrons. The van der Waals surface area contributed by atoms with Gasteiger partial charge in [-0.15, -0.1) is 0 Å². The number of carbonyl (C=O) groups is 2. The van der Waals surface area contributed by atoms with Gasteiger partial charge in [-0.2, -0.15) is 11.8 Å². The monoisotopic (exact) mass is 314 g/mol. The summed E-state index contributed by atoms with van der Waals surface area (Å²) in [5, 5.41) is 12.5. The van der Waals surface area contributed by atoms with Crippen molar-refractivity contribution in [3.63, 3.8) is 0 Å². The normalized spacial score (nSPS) is 33.0. The third-order valence-electron chi connectivity index (χ3n) is 4.91. The molecule has 2 saturated heterocycles. The molecule has 0 bridgehead atoms. The first-order chi connectivity index (χ1) is 9.91. The summed E-state index contributed by atoms with van der Waals surface area (Å²) < 4.78 is 0.139. The summed E-state index contributed by atoms with van der Waals surface area (Å²) in [6.45, 7) is 5.74. The number of carboxylic acid groups (broad SMARTS) is 1. The van der Waals surface area contributed by atoms with E-state index in [0.717, 1.165) is 18.6 Å². The molecule has 5 nitrogen and oxygen atoms in total. The average molecular weight is 314 g/mol. The lowest BCUT2D eigenvalue weighted by molar-refractivity contribution is -0.152. The number of rotatable bonds is 4. The van der Waals surface area contributed by atoms with Crippen molar-refractivity contribution in [1.82, 2.24) is 10.2 Å². The molecule has 2 unspecified atom stereocenters. The van der Waals surface area contributed by atoms with E-state index in [2.05, 4.69) is 12.2 Å². The number of nitrogens with zero attached hydrogens (tertiary/aromatic N) is 1. The lowest BCUT2D eigenvalue weighted by Gasteiger charge is -2.39. The van der Waals surface area contributed by atoms with Gasteiger partial charge < -0.3 is 15.3 Å². The quantitative estimate of drug-likeness (QED) is 0.837. The van der Waals surface area contributed by atoms with Gasteiger partial charge in [-0.25, -0.2) is 4.79 Å². The molecular weight excluding hydrogens is 288 g/mol. The highest BCUT2D eigenvalue weighted by atomic mass is 32.2. The van der Waals surface area contributed by atoms with Gasteiger partial charge in [0.05, 0.1) is 5.41 Å². The molecule has 2 N–H and O–H groups in total. The van der Waals surface area contributed by atoms with Crippen molar-refractivity contribution in [2.45, 2.75) is 50.7 Å². The number of urea groups is 1. The number of hydrogen-bond donors (Lipinski definition) is 2. The Hall–Kier alpha value is -0.910. The minimum absolute atomic E-state index is 0.109. The van der Waals surface area contributed by atoms with Crippen LogP contribution in [0.2, 0.25) is 0 Å². The van der Waals surface area contributed by atoms with Crippen molar-refractivity contribution in [3.05, 3.63) is 0 Å². The van der Waals surface area contributed by atoms with Crippen molar-refractivity contribution >= 4 is 23.8 Å². The zero-order valence-corrected chi connectivity index (χ0v) is 13.8. The Balaban J connectivity index is 1.91. The SMILES string of the molecule is CCC1(C(=O)O)CCCN(C(=O)NCC2(C)CCCS2)C1. The standard InChI is InChI=1S/C15H26N2O3S/c1-3-15(12(18)19)7-4-8-17(11-15)13(20)16-10-14(2)6-5-9-21-14/h3-11H2,1-2H3,(H,16,20)(H,18,19). The van der Waals surface area contributed by atoms with Gasteiger partial charge >= 0.3 is 12.0 Å². The fourth-order valence-electron chi connectivity index (χ4n) is 3.27. The summed E-state index contributed by atoms with van der Waals surface area (Å²) in [7, 11) is 0. The molecule has 0 aromatic rings. The van der Waals surface area contributed by atoms with Crippen molar-refractivity contribution in [3.8, 4) is 0 Å². The van der Waals surface area contributed by atoms with E-state index in [1.165, 1.54) is 6.42 Å². The fourth-order valence-corrected chi connectivity index (χ4v) is 4.51. The number of carboxylic acids is 1. The van der Waals surface area contributed by atoms with E-state index in [9.17, 15) is 14.7 Å². The van der Waals surface area contributed by atoms with Crippen molar-refractivity contribution in [1.29, 1.82) is 0 Å². The van der Waals surface area contributed by atoms with Gasteiger partial charge in [0.15, 0.2) is 0 Å². The molecule has 120 valence electrons. The van der Waals surface area contributed by atoms with E-state index < -0.39 is 11.4 Å². The molecule has 0 aliphatic carbocycles. The van der Waals surface area contributed by atoms with Crippen LogP contribution in [0.1, 0.15) is 46.0 Å². The third kappa shape index (κ3) is 3.65. The smallest absolute Gasteiger partial charge is 0.317 e. The van der Waals surface area contributed by atoms with E-state index in [-0.39, 0.29) is 10.8 Å². The first-order valence-electron chi connectivity index (χ1n) is 7.81. The van der Waals surface area contributed by atoms with Crippen LogP contribution in [-0.2, 0) is 4.79 Å². The number of amides is 2. The maximum absolute atomic E-state index is 12.3.